The average Bonchev–Trinajstić information content (AvgIpc) is 2.31. The van der Waals surface area contributed by atoms with Crippen LogP contribution in [0.5, 0.6) is 0 Å². The first-order chi connectivity index (χ1) is 8.74. The minimum atomic E-state index is -4.29. The summed E-state index contributed by atoms with van der Waals surface area (Å²) in [7, 11) is 0. The van der Waals surface area contributed by atoms with Gasteiger partial charge in [-0.1, -0.05) is 23.2 Å². The predicted octanol–water partition coefficient (Wildman–Crippen LogP) is 4.09. The third kappa shape index (κ3) is 4.63. The normalized spacial score (nSPS) is 11.9. The van der Waals surface area contributed by atoms with E-state index in [0.29, 0.717) is 0 Å². The lowest BCUT2D eigenvalue weighted by atomic mass is 10.1. The molecule has 0 aromatic heterocycles. The predicted molar refractivity (Wildman–Crippen MR) is 62.6 cm³/mol. The van der Waals surface area contributed by atoms with Crippen LogP contribution in [-0.2, 0) is 4.74 Å². The third-order valence-corrected chi connectivity index (χ3v) is 2.64. The zero-order chi connectivity index (χ0) is 14.6. The van der Waals surface area contributed by atoms with E-state index in [1.165, 1.54) is 18.2 Å². The third-order valence-electron chi connectivity index (χ3n) is 2.08. The van der Waals surface area contributed by atoms with Gasteiger partial charge < -0.3 is 4.74 Å². The van der Waals surface area contributed by atoms with Crippen molar-refractivity contribution in [1.82, 2.24) is 0 Å². The van der Waals surface area contributed by atoms with Crippen molar-refractivity contribution in [3.05, 3.63) is 33.8 Å². The molecule has 0 amide bonds. The molecule has 19 heavy (non-hydrogen) atoms. The van der Waals surface area contributed by atoms with E-state index in [1.54, 1.807) is 0 Å². The first kappa shape index (κ1) is 16.2. The van der Waals surface area contributed by atoms with E-state index in [-0.39, 0.29) is 15.6 Å². The number of carbonyl (C=O) groups is 1. The van der Waals surface area contributed by atoms with Gasteiger partial charge in [-0.15, -0.1) is 0 Å². The quantitative estimate of drug-likeness (QED) is 0.583. The number of hydrogen-bond acceptors (Lipinski definition) is 2. The zero-order valence-corrected chi connectivity index (χ0v) is 10.8. The molecule has 0 heterocycles. The van der Waals surface area contributed by atoms with Crippen molar-refractivity contribution in [1.29, 1.82) is 0 Å². The molecule has 0 aliphatic heterocycles. The Morgan fingerprint density at radius 2 is 1.95 bits per heavy atom. The number of ether oxygens (including phenoxy) is 1. The molecule has 0 atom stereocenters. The molecule has 1 aromatic rings. The molecule has 0 saturated carbocycles. The van der Waals surface area contributed by atoms with Crippen molar-refractivity contribution in [2.24, 2.45) is 0 Å². The molecule has 0 aliphatic carbocycles. The van der Waals surface area contributed by atoms with E-state index in [4.69, 9.17) is 23.2 Å². The number of hydrogen-bond donors (Lipinski definition) is 0. The fourth-order valence-corrected chi connectivity index (χ4v) is 1.53. The van der Waals surface area contributed by atoms with Crippen molar-refractivity contribution in [3.8, 4) is 0 Å². The van der Waals surface area contributed by atoms with E-state index in [1.807, 2.05) is 0 Å². The van der Waals surface area contributed by atoms with Gasteiger partial charge in [0.1, 0.15) is 13.2 Å². The lowest BCUT2D eigenvalue weighted by Crippen LogP contribution is -2.33. The fraction of sp³-hybridized carbons (Fsp3) is 0.364. The van der Waals surface area contributed by atoms with Crippen molar-refractivity contribution in [3.63, 3.8) is 0 Å². The Hall–Kier alpha value is -0.850. The Labute approximate surface area is 116 Å². The number of rotatable bonds is 6. The van der Waals surface area contributed by atoms with Crippen LogP contribution < -0.4 is 0 Å². The van der Waals surface area contributed by atoms with E-state index in [0.717, 1.165) is 0 Å². The molecule has 1 rings (SSSR count). The molecule has 106 valence electrons. The number of ketones is 1. The topological polar surface area (TPSA) is 26.3 Å². The van der Waals surface area contributed by atoms with Gasteiger partial charge in [0.2, 0.25) is 0 Å². The summed E-state index contributed by atoms with van der Waals surface area (Å²) < 4.78 is 53.0. The molecule has 0 bridgehead atoms. The molecule has 0 saturated heterocycles. The van der Waals surface area contributed by atoms with Crippen LogP contribution in [0.2, 0.25) is 10.0 Å². The second-order valence-corrected chi connectivity index (χ2v) is 4.45. The van der Waals surface area contributed by atoms with Gasteiger partial charge in [0.15, 0.2) is 5.78 Å². The first-order valence-corrected chi connectivity index (χ1v) is 5.71. The molecule has 0 radical (unpaired) electrons. The van der Waals surface area contributed by atoms with Crippen molar-refractivity contribution >= 4 is 29.0 Å². The van der Waals surface area contributed by atoms with Gasteiger partial charge in [-0.05, 0) is 18.2 Å². The van der Waals surface area contributed by atoms with Gasteiger partial charge in [-0.25, -0.2) is 8.78 Å². The Kier molecular flexibility index (Phi) is 5.58. The number of benzene rings is 1. The maximum Gasteiger partial charge on any atom is 0.330 e. The van der Waals surface area contributed by atoms with Crippen molar-refractivity contribution in [2.45, 2.75) is 12.3 Å². The summed E-state index contributed by atoms with van der Waals surface area (Å²) in [6.07, 6.45) is -3.85. The van der Waals surface area contributed by atoms with E-state index in [2.05, 4.69) is 4.74 Å². The summed E-state index contributed by atoms with van der Waals surface area (Å²) in [5.74, 6) is -5.02. The Morgan fingerprint density at radius 1 is 1.32 bits per heavy atom. The van der Waals surface area contributed by atoms with Gasteiger partial charge in [-0.3, -0.25) is 4.79 Å². The minimum absolute atomic E-state index is 0.0190. The molecule has 0 aliphatic rings. The van der Waals surface area contributed by atoms with Crippen LogP contribution in [0.25, 0.3) is 0 Å². The van der Waals surface area contributed by atoms with Gasteiger partial charge >= 0.3 is 12.3 Å². The number of alkyl halides is 4. The molecule has 0 unspecified atom stereocenters. The number of carbonyl (C=O) groups excluding carboxylic acids is 1. The number of halogens is 6. The summed E-state index contributed by atoms with van der Waals surface area (Å²) >= 11 is 11.3. The summed E-state index contributed by atoms with van der Waals surface area (Å²) in [6.45, 7) is -2.34. The van der Waals surface area contributed by atoms with Crippen LogP contribution in [-0.4, -0.2) is 31.3 Å². The first-order valence-electron chi connectivity index (χ1n) is 4.96. The summed E-state index contributed by atoms with van der Waals surface area (Å²) in [5.41, 5.74) is -0.0190. The zero-order valence-electron chi connectivity index (χ0n) is 9.31. The fourth-order valence-electron chi connectivity index (χ4n) is 1.13. The van der Waals surface area contributed by atoms with Crippen LogP contribution in [0.4, 0.5) is 17.6 Å². The van der Waals surface area contributed by atoms with Gasteiger partial charge in [0.05, 0.1) is 5.02 Å². The molecule has 8 heteroatoms. The maximum absolute atomic E-state index is 12.5. The molecule has 0 fully saturated rings. The maximum atomic E-state index is 12.5. The summed E-state index contributed by atoms with van der Waals surface area (Å²) in [5, 5.41) is 0.296. The molecule has 0 N–H and O–H groups in total. The lowest BCUT2D eigenvalue weighted by Gasteiger charge is -2.14. The average molecular weight is 319 g/mol. The minimum Gasteiger partial charge on any atom is -0.367 e. The molecule has 1 aromatic carbocycles. The van der Waals surface area contributed by atoms with Crippen LogP contribution in [0.1, 0.15) is 10.4 Å². The Balaban J connectivity index is 2.59. The molecule has 0 spiro atoms. The smallest absolute Gasteiger partial charge is 0.330 e. The van der Waals surface area contributed by atoms with Crippen molar-refractivity contribution in [2.75, 3.05) is 13.2 Å². The van der Waals surface area contributed by atoms with Crippen LogP contribution in [0.15, 0.2) is 18.2 Å². The van der Waals surface area contributed by atoms with Gasteiger partial charge in [0, 0.05) is 10.6 Å². The van der Waals surface area contributed by atoms with Crippen LogP contribution in [0, 0.1) is 0 Å². The molecule has 2 nitrogen and oxygen atoms in total. The SMILES string of the molecule is O=C(COCC(F)(F)C(F)F)c1cc(Cl)ccc1Cl. The molecular formula is C11H8Cl2F4O2. The highest BCUT2D eigenvalue weighted by Gasteiger charge is 2.41. The van der Waals surface area contributed by atoms with E-state index in [9.17, 15) is 22.4 Å². The largest absolute Gasteiger partial charge is 0.367 e. The van der Waals surface area contributed by atoms with Crippen LogP contribution >= 0.6 is 23.2 Å². The Morgan fingerprint density at radius 3 is 2.53 bits per heavy atom. The standard InChI is InChI=1S/C11H8Cl2F4O2/c12-6-1-2-8(13)7(3-6)9(18)4-19-5-11(16,17)10(14)15/h1-3,10H,4-5H2. The summed E-state index contributed by atoms with van der Waals surface area (Å²) in [6, 6.07) is 4.03. The van der Waals surface area contributed by atoms with Gasteiger partial charge in [-0.2, -0.15) is 8.78 Å². The molecular weight excluding hydrogens is 311 g/mol. The van der Waals surface area contributed by atoms with Gasteiger partial charge in [0.25, 0.3) is 0 Å². The monoisotopic (exact) mass is 318 g/mol. The summed E-state index contributed by atoms with van der Waals surface area (Å²) in [4.78, 5) is 11.6. The second kappa shape index (κ2) is 6.54. The highest BCUT2D eigenvalue weighted by molar-refractivity contribution is 6.35. The van der Waals surface area contributed by atoms with E-state index < -0.39 is 31.3 Å². The van der Waals surface area contributed by atoms with E-state index >= 15 is 0 Å². The highest BCUT2D eigenvalue weighted by Crippen LogP contribution is 2.24. The van der Waals surface area contributed by atoms with Crippen LogP contribution in [0.3, 0.4) is 0 Å². The second-order valence-electron chi connectivity index (χ2n) is 3.60. The van der Waals surface area contributed by atoms with Crippen molar-refractivity contribution < 1.29 is 27.1 Å². The highest BCUT2D eigenvalue weighted by atomic mass is 35.5. The lowest BCUT2D eigenvalue weighted by molar-refractivity contribution is -0.163. The Bertz CT molecular complexity index is 466. The number of Topliss-reactive ketones (excluding diaryl/α,β-unsaturated/α-hetero) is 1.